The molecule has 0 spiro atoms. The van der Waals surface area contributed by atoms with Gasteiger partial charge >= 0.3 is 0 Å². The van der Waals surface area contributed by atoms with Gasteiger partial charge in [0.25, 0.3) is 0 Å². The number of nitrogens with zero attached hydrogens (tertiary/aromatic N) is 6. The molecular weight excluding hydrogens is 793 g/mol. The Kier molecular flexibility index (Phi) is 7.94. The number of hydrogen-bond acceptors (Lipinski definition) is 7. The van der Waals surface area contributed by atoms with E-state index in [-0.39, 0.29) is 0 Å². The van der Waals surface area contributed by atoms with Crippen molar-refractivity contribution in [1.82, 2.24) is 29.5 Å². The summed E-state index contributed by atoms with van der Waals surface area (Å²) in [5.74, 6) is 2.22. The summed E-state index contributed by atoms with van der Waals surface area (Å²) < 4.78 is 11.3. The summed E-state index contributed by atoms with van der Waals surface area (Å²) >= 11 is 1.73. The van der Waals surface area contributed by atoms with Gasteiger partial charge in [0.05, 0.1) is 32.5 Å². The molecule has 5 heterocycles. The lowest BCUT2D eigenvalue weighted by Crippen LogP contribution is -2.06. The zero-order chi connectivity index (χ0) is 41.4. The SMILES string of the molecule is c1ccc(-c2nc(-c3cccc4c3oc3cccc(-c5nc(-c6ccccc6)c6sc7ccccc7c6n5)c34)nc(-n3c4ccccc4c4c(-c5ccccc5)cccc43)n2)cc1. The Bertz CT molecular complexity index is 3910. The van der Waals surface area contributed by atoms with Crippen LogP contribution in [-0.4, -0.2) is 29.5 Å². The fourth-order valence-corrected chi connectivity index (χ4v) is 10.3. The number of fused-ring (bicyclic) bond motifs is 9. The van der Waals surface area contributed by atoms with Crippen molar-refractivity contribution >= 4 is 75.4 Å². The van der Waals surface area contributed by atoms with Crippen LogP contribution in [0.5, 0.6) is 0 Å². The molecule has 63 heavy (non-hydrogen) atoms. The molecule has 13 rings (SSSR count). The number of rotatable bonds is 6. The van der Waals surface area contributed by atoms with Gasteiger partial charge in [0.15, 0.2) is 17.5 Å². The van der Waals surface area contributed by atoms with Gasteiger partial charge in [0.1, 0.15) is 11.2 Å². The van der Waals surface area contributed by atoms with Crippen LogP contribution in [0, 0.1) is 0 Å². The Morgan fingerprint density at radius 2 is 1.00 bits per heavy atom. The molecule has 0 bridgehead atoms. The minimum absolute atomic E-state index is 0.504. The molecule has 0 aliphatic rings. The van der Waals surface area contributed by atoms with Gasteiger partial charge in [-0.2, -0.15) is 9.97 Å². The van der Waals surface area contributed by atoms with Gasteiger partial charge < -0.3 is 4.42 Å². The average Bonchev–Trinajstić information content (AvgIpc) is 4.04. The van der Waals surface area contributed by atoms with Gasteiger partial charge in [-0.25, -0.2) is 15.0 Å². The summed E-state index contributed by atoms with van der Waals surface area (Å²) in [6.07, 6.45) is 0. The normalized spacial score (nSPS) is 11.8. The number of aromatic nitrogens is 6. The highest BCUT2D eigenvalue weighted by Gasteiger charge is 2.24. The van der Waals surface area contributed by atoms with Crippen molar-refractivity contribution in [3.63, 3.8) is 0 Å². The van der Waals surface area contributed by atoms with Gasteiger partial charge in [0.2, 0.25) is 5.95 Å². The summed E-state index contributed by atoms with van der Waals surface area (Å²) in [6.45, 7) is 0. The van der Waals surface area contributed by atoms with Crippen molar-refractivity contribution in [3.8, 4) is 62.5 Å². The van der Waals surface area contributed by atoms with E-state index in [1.54, 1.807) is 11.3 Å². The maximum Gasteiger partial charge on any atom is 0.238 e. The van der Waals surface area contributed by atoms with Crippen LogP contribution in [0.4, 0.5) is 0 Å². The summed E-state index contributed by atoms with van der Waals surface area (Å²) in [5, 5.41) is 5.23. The molecule has 0 unspecified atom stereocenters. The second kappa shape index (κ2) is 14.1. The zero-order valence-electron chi connectivity index (χ0n) is 33.5. The van der Waals surface area contributed by atoms with Gasteiger partial charge in [-0.15, -0.1) is 11.3 Å². The second-order valence-corrected chi connectivity index (χ2v) is 16.6. The van der Waals surface area contributed by atoms with Crippen LogP contribution >= 0.6 is 11.3 Å². The van der Waals surface area contributed by atoms with Crippen LogP contribution in [0.15, 0.2) is 199 Å². The van der Waals surface area contributed by atoms with E-state index in [0.717, 1.165) is 92.8 Å². The molecule has 0 radical (unpaired) electrons. The van der Waals surface area contributed by atoms with E-state index in [4.69, 9.17) is 29.3 Å². The van der Waals surface area contributed by atoms with E-state index in [1.165, 1.54) is 4.70 Å². The van der Waals surface area contributed by atoms with E-state index in [2.05, 4.69) is 138 Å². The number of para-hydroxylation sites is 2. The third-order valence-electron chi connectivity index (χ3n) is 11.9. The predicted octanol–water partition coefficient (Wildman–Crippen LogP) is 14.4. The van der Waals surface area contributed by atoms with Gasteiger partial charge in [-0.05, 0) is 41.5 Å². The van der Waals surface area contributed by atoms with E-state index in [9.17, 15) is 0 Å². The van der Waals surface area contributed by atoms with E-state index >= 15 is 0 Å². The number of furan rings is 1. The Hall–Kier alpha value is -8.33. The third kappa shape index (κ3) is 5.62. The Morgan fingerprint density at radius 3 is 1.83 bits per heavy atom. The van der Waals surface area contributed by atoms with Crippen LogP contribution < -0.4 is 0 Å². The van der Waals surface area contributed by atoms with Crippen molar-refractivity contribution in [2.24, 2.45) is 0 Å². The molecule has 7 nitrogen and oxygen atoms in total. The molecule has 0 atom stereocenters. The van der Waals surface area contributed by atoms with Crippen molar-refractivity contribution in [2.75, 3.05) is 0 Å². The molecule has 0 aliphatic carbocycles. The lowest BCUT2D eigenvalue weighted by molar-refractivity contribution is 0.669. The smallest absolute Gasteiger partial charge is 0.238 e. The van der Waals surface area contributed by atoms with Crippen LogP contribution in [0.2, 0.25) is 0 Å². The lowest BCUT2D eigenvalue weighted by atomic mass is 9.99. The standard InChI is InChI=1S/C55H32N6OS/c1-4-17-33(18-5-1)36-25-15-30-43-46(36)37-23-10-12-29-42(37)61(43)55-59-52(35-21-8-3-9-22-35)58-54(60-55)41-28-14-26-39-47-40(27-16-31-44(47)62-50(39)41)53-56-48(34-19-6-2-7-20-34)51-49(57-53)38-24-11-13-32-45(38)63-51/h1-32H. The van der Waals surface area contributed by atoms with Gasteiger partial charge in [-0.1, -0.05) is 164 Å². The van der Waals surface area contributed by atoms with E-state index < -0.39 is 0 Å². The Balaban J connectivity index is 1.05. The summed E-state index contributed by atoms with van der Waals surface area (Å²) in [7, 11) is 0. The number of benzene rings is 8. The Morgan fingerprint density at radius 1 is 0.397 bits per heavy atom. The second-order valence-electron chi connectivity index (χ2n) is 15.6. The van der Waals surface area contributed by atoms with Crippen molar-refractivity contribution in [3.05, 3.63) is 194 Å². The van der Waals surface area contributed by atoms with Crippen molar-refractivity contribution in [1.29, 1.82) is 0 Å². The maximum atomic E-state index is 6.88. The fourth-order valence-electron chi connectivity index (χ4n) is 9.11. The van der Waals surface area contributed by atoms with E-state index in [0.29, 0.717) is 29.0 Å². The number of hydrogen-bond donors (Lipinski definition) is 0. The molecule has 0 amide bonds. The first-order chi connectivity index (χ1) is 31.2. The first-order valence-electron chi connectivity index (χ1n) is 20.8. The molecule has 0 aliphatic heterocycles. The minimum Gasteiger partial charge on any atom is -0.455 e. The molecular formula is C55H32N6OS. The lowest BCUT2D eigenvalue weighted by Gasteiger charge is -2.11. The maximum absolute atomic E-state index is 6.88. The molecule has 0 fully saturated rings. The van der Waals surface area contributed by atoms with Gasteiger partial charge in [0, 0.05) is 48.3 Å². The van der Waals surface area contributed by atoms with Crippen LogP contribution in [-0.2, 0) is 0 Å². The monoisotopic (exact) mass is 824 g/mol. The molecule has 5 aromatic heterocycles. The Labute approximate surface area is 364 Å². The first-order valence-corrected chi connectivity index (χ1v) is 21.7. The highest BCUT2D eigenvalue weighted by atomic mass is 32.1. The molecule has 294 valence electrons. The summed E-state index contributed by atoms with van der Waals surface area (Å²) in [5.41, 5.74) is 11.1. The first kappa shape index (κ1) is 35.4. The molecule has 13 aromatic rings. The minimum atomic E-state index is 0.504. The zero-order valence-corrected chi connectivity index (χ0v) is 34.3. The molecule has 0 saturated heterocycles. The molecule has 0 saturated carbocycles. The molecule has 0 N–H and O–H groups in total. The summed E-state index contributed by atoms with van der Waals surface area (Å²) in [4.78, 5) is 26.4. The topological polar surface area (TPSA) is 82.5 Å². The van der Waals surface area contributed by atoms with Crippen molar-refractivity contribution < 1.29 is 4.42 Å². The van der Waals surface area contributed by atoms with E-state index in [1.807, 2.05) is 60.7 Å². The third-order valence-corrected chi connectivity index (χ3v) is 13.1. The van der Waals surface area contributed by atoms with Crippen LogP contribution in [0.25, 0.3) is 127 Å². The quantitative estimate of drug-likeness (QED) is 0.166. The van der Waals surface area contributed by atoms with Crippen LogP contribution in [0.1, 0.15) is 0 Å². The van der Waals surface area contributed by atoms with Crippen molar-refractivity contribution in [2.45, 2.75) is 0 Å². The molecule has 8 heteroatoms. The number of thiophene rings is 1. The molecule has 8 aromatic carbocycles. The predicted molar refractivity (Wildman–Crippen MR) is 257 cm³/mol. The summed E-state index contributed by atoms with van der Waals surface area (Å²) in [6, 6.07) is 66.7. The van der Waals surface area contributed by atoms with Crippen LogP contribution in [0.3, 0.4) is 0 Å². The fraction of sp³-hybridized carbons (Fsp3) is 0. The average molecular weight is 825 g/mol. The van der Waals surface area contributed by atoms with Gasteiger partial charge in [-0.3, -0.25) is 4.57 Å². The highest BCUT2D eigenvalue weighted by molar-refractivity contribution is 7.26. The largest absolute Gasteiger partial charge is 0.455 e. The highest BCUT2D eigenvalue weighted by Crippen LogP contribution is 2.44.